The highest BCUT2D eigenvalue weighted by Crippen LogP contribution is 2.12. The van der Waals surface area contributed by atoms with E-state index in [2.05, 4.69) is 5.32 Å². The minimum absolute atomic E-state index is 0.175. The van der Waals surface area contributed by atoms with E-state index in [0.717, 1.165) is 6.26 Å². The highest BCUT2D eigenvalue weighted by molar-refractivity contribution is 7.90. The minimum atomic E-state index is -4.43. The Bertz CT molecular complexity index is 583. The average molecular weight is 324 g/mol. The third-order valence-corrected chi connectivity index (χ3v) is 3.58. The molecule has 0 aliphatic rings. The van der Waals surface area contributed by atoms with Crippen molar-refractivity contribution in [2.75, 3.05) is 19.3 Å². The SMILES string of the molecule is CS(=O)(=O)c1ccc(CNCC(=O)NCC(F)(F)F)cc1. The van der Waals surface area contributed by atoms with E-state index in [1.54, 1.807) is 17.4 Å². The number of alkyl halides is 3. The number of sulfone groups is 1. The molecule has 1 amide bonds. The van der Waals surface area contributed by atoms with E-state index in [0.29, 0.717) is 5.56 Å². The Morgan fingerprint density at radius 1 is 1.19 bits per heavy atom. The molecule has 1 rings (SSSR count). The van der Waals surface area contributed by atoms with Crippen LogP contribution in [-0.2, 0) is 21.2 Å². The molecule has 118 valence electrons. The maximum absolute atomic E-state index is 11.9. The summed E-state index contributed by atoms with van der Waals surface area (Å²) in [4.78, 5) is 11.3. The second kappa shape index (κ2) is 6.90. The van der Waals surface area contributed by atoms with E-state index in [-0.39, 0.29) is 18.0 Å². The second-order valence-electron chi connectivity index (χ2n) is 4.41. The van der Waals surface area contributed by atoms with Gasteiger partial charge in [-0.3, -0.25) is 4.79 Å². The van der Waals surface area contributed by atoms with Crippen LogP contribution in [0.15, 0.2) is 29.2 Å². The maximum atomic E-state index is 11.9. The highest BCUT2D eigenvalue weighted by atomic mass is 32.2. The molecule has 1 aromatic carbocycles. The van der Waals surface area contributed by atoms with Crippen molar-refractivity contribution in [3.63, 3.8) is 0 Å². The molecule has 1 aromatic rings. The zero-order chi connectivity index (χ0) is 16.1. The number of rotatable bonds is 6. The number of hydrogen-bond donors (Lipinski definition) is 2. The molecule has 0 aliphatic heterocycles. The molecule has 0 fully saturated rings. The molecular weight excluding hydrogens is 309 g/mol. The van der Waals surface area contributed by atoms with Gasteiger partial charge in [0.1, 0.15) is 6.54 Å². The lowest BCUT2D eigenvalue weighted by Gasteiger charge is -2.09. The third kappa shape index (κ3) is 7.09. The third-order valence-electron chi connectivity index (χ3n) is 2.45. The zero-order valence-corrected chi connectivity index (χ0v) is 12.0. The summed E-state index contributed by atoms with van der Waals surface area (Å²) in [7, 11) is -3.27. The van der Waals surface area contributed by atoms with Gasteiger partial charge >= 0.3 is 6.18 Å². The summed E-state index contributed by atoms with van der Waals surface area (Å²) in [6.07, 6.45) is -3.34. The molecule has 0 unspecified atom stereocenters. The number of hydrogen-bond acceptors (Lipinski definition) is 4. The van der Waals surface area contributed by atoms with Gasteiger partial charge in [-0.2, -0.15) is 13.2 Å². The Morgan fingerprint density at radius 3 is 2.24 bits per heavy atom. The monoisotopic (exact) mass is 324 g/mol. The molecule has 2 N–H and O–H groups in total. The van der Waals surface area contributed by atoms with E-state index < -0.39 is 28.5 Å². The van der Waals surface area contributed by atoms with Crippen LogP contribution >= 0.6 is 0 Å². The van der Waals surface area contributed by atoms with Gasteiger partial charge in [0.25, 0.3) is 0 Å². The topological polar surface area (TPSA) is 75.3 Å². The van der Waals surface area contributed by atoms with Crippen molar-refractivity contribution in [1.29, 1.82) is 0 Å². The van der Waals surface area contributed by atoms with Crippen molar-refractivity contribution in [2.45, 2.75) is 17.6 Å². The van der Waals surface area contributed by atoms with Gasteiger partial charge in [-0.15, -0.1) is 0 Å². The molecule has 0 aromatic heterocycles. The molecule has 0 heterocycles. The van der Waals surface area contributed by atoms with Crippen molar-refractivity contribution in [3.05, 3.63) is 29.8 Å². The van der Waals surface area contributed by atoms with Gasteiger partial charge in [0, 0.05) is 12.8 Å². The Hall–Kier alpha value is -1.61. The Morgan fingerprint density at radius 2 is 1.76 bits per heavy atom. The van der Waals surface area contributed by atoms with Crippen LogP contribution in [0.4, 0.5) is 13.2 Å². The van der Waals surface area contributed by atoms with Crippen molar-refractivity contribution < 1.29 is 26.4 Å². The van der Waals surface area contributed by atoms with Crippen molar-refractivity contribution in [2.24, 2.45) is 0 Å². The quantitative estimate of drug-likeness (QED) is 0.814. The molecule has 0 spiro atoms. The normalized spacial score (nSPS) is 12.2. The molecule has 5 nitrogen and oxygen atoms in total. The first kappa shape index (κ1) is 17.4. The van der Waals surface area contributed by atoms with Crippen LogP contribution in [0.3, 0.4) is 0 Å². The van der Waals surface area contributed by atoms with Gasteiger partial charge in [0.15, 0.2) is 9.84 Å². The summed E-state index contributed by atoms with van der Waals surface area (Å²) in [5.74, 6) is -0.764. The van der Waals surface area contributed by atoms with Gasteiger partial charge in [-0.05, 0) is 17.7 Å². The predicted octanol–water partition coefficient (Wildman–Crippen LogP) is 0.858. The lowest BCUT2D eigenvalue weighted by molar-refractivity contribution is -0.137. The van der Waals surface area contributed by atoms with Crippen LogP contribution in [0.25, 0.3) is 0 Å². The summed E-state index contributed by atoms with van der Waals surface area (Å²) >= 11 is 0. The fourth-order valence-electron chi connectivity index (χ4n) is 1.44. The van der Waals surface area contributed by atoms with Crippen molar-refractivity contribution >= 4 is 15.7 Å². The number of carbonyl (C=O) groups excluding carboxylic acids is 1. The van der Waals surface area contributed by atoms with Crippen LogP contribution in [0.1, 0.15) is 5.56 Å². The van der Waals surface area contributed by atoms with Crippen LogP contribution in [0, 0.1) is 0 Å². The van der Waals surface area contributed by atoms with E-state index >= 15 is 0 Å². The standard InChI is InChI=1S/C12H15F3N2O3S/c1-21(19,20)10-4-2-9(3-5-10)6-16-7-11(18)17-8-12(13,14)15/h2-5,16H,6-8H2,1H3,(H,17,18). The lowest BCUT2D eigenvalue weighted by atomic mass is 10.2. The van der Waals surface area contributed by atoms with Gasteiger partial charge < -0.3 is 10.6 Å². The first-order valence-electron chi connectivity index (χ1n) is 5.91. The van der Waals surface area contributed by atoms with Gasteiger partial charge in [0.05, 0.1) is 11.4 Å². The minimum Gasteiger partial charge on any atom is -0.346 e. The van der Waals surface area contributed by atoms with Crippen LogP contribution in [0.5, 0.6) is 0 Å². The van der Waals surface area contributed by atoms with Crippen molar-refractivity contribution in [3.8, 4) is 0 Å². The Balaban J connectivity index is 2.38. The first-order chi connectivity index (χ1) is 9.58. The molecule has 0 saturated heterocycles. The van der Waals surface area contributed by atoms with Gasteiger partial charge in [-0.1, -0.05) is 12.1 Å². The van der Waals surface area contributed by atoms with Gasteiger partial charge in [0.2, 0.25) is 5.91 Å². The molecule has 0 radical (unpaired) electrons. The second-order valence-corrected chi connectivity index (χ2v) is 6.43. The zero-order valence-electron chi connectivity index (χ0n) is 11.2. The van der Waals surface area contributed by atoms with Crippen molar-refractivity contribution in [1.82, 2.24) is 10.6 Å². The fourth-order valence-corrected chi connectivity index (χ4v) is 2.07. The smallest absolute Gasteiger partial charge is 0.346 e. The Labute approximate surface area is 120 Å². The van der Waals surface area contributed by atoms with E-state index in [1.807, 2.05) is 0 Å². The van der Waals surface area contributed by atoms with Crippen LogP contribution in [-0.4, -0.2) is 39.8 Å². The average Bonchev–Trinajstić information content (AvgIpc) is 2.35. The first-order valence-corrected chi connectivity index (χ1v) is 7.80. The van der Waals surface area contributed by atoms with Crippen LogP contribution in [0.2, 0.25) is 0 Å². The number of nitrogens with one attached hydrogen (secondary N) is 2. The number of amides is 1. The highest BCUT2D eigenvalue weighted by Gasteiger charge is 2.27. The summed E-state index contributed by atoms with van der Waals surface area (Å²) < 4.78 is 58.0. The number of carbonyl (C=O) groups is 1. The molecule has 0 saturated carbocycles. The molecule has 0 atom stereocenters. The van der Waals surface area contributed by atoms with E-state index in [4.69, 9.17) is 0 Å². The lowest BCUT2D eigenvalue weighted by Crippen LogP contribution is -2.39. The number of benzene rings is 1. The number of halogens is 3. The van der Waals surface area contributed by atoms with Gasteiger partial charge in [-0.25, -0.2) is 8.42 Å². The molecule has 0 aliphatic carbocycles. The van der Waals surface area contributed by atoms with E-state index in [1.165, 1.54) is 12.1 Å². The maximum Gasteiger partial charge on any atom is 0.405 e. The molecule has 9 heteroatoms. The van der Waals surface area contributed by atoms with E-state index in [9.17, 15) is 26.4 Å². The van der Waals surface area contributed by atoms with Crippen LogP contribution < -0.4 is 10.6 Å². The largest absolute Gasteiger partial charge is 0.405 e. The molecule has 0 bridgehead atoms. The summed E-state index contributed by atoms with van der Waals surface area (Å²) in [6.45, 7) is -1.38. The summed E-state index contributed by atoms with van der Waals surface area (Å²) in [6, 6.07) is 5.99. The summed E-state index contributed by atoms with van der Waals surface area (Å²) in [5.41, 5.74) is 0.714. The molecule has 21 heavy (non-hydrogen) atoms. The molecular formula is C12H15F3N2O3S. The summed E-state index contributed by atoms with van der Waals surface area (Å²) in [5, 5.41) is 4.40. The predicted molar refractivity (Wildman–Crippen MR) is 70.3 cm³/mol. The fraction of sp³-hybridized carbons (Fsp3) is 0.417. The Kier molecular flexibility index (Phi) is 5.73.